The molecule has 0 amide bonds. The van der Waals surface area contributed by atoms with E-state index in [1.165, 1.54) is 16.5 Å². The van der Waals surface area contributed by atoms with Gasteiger partial charge in [0.2, 0.25) is 0 Å². The first-order valence-electron chi connectivity index (χ1n) is 7.01. The summed E-state index contributed by atoms with van der Waals surface area (Å²) in [5.74, 6) is 0.962. The van der Waals surface area contributed by atoms with Crippen molar-refractivity contribution in [3.05, 3.63) is 30.0 Å². The average Bonchev–Trinajstić information content (AvgIpc) is 2.66. The van der Waals surface area contributed by atoms with E-state index in [0.717, 1.165) is 25.1 Å². The lowest BCUT2D eigenvalue weighted by Gasteiger charge is -2.10. The van der Waals surface area contributed by atoms with Crippen LogP contribution in [0.1, 0.15) is 25.8 Å². The maximum Gasteiger partial charge on any atom is 0.120 e. The molecule has 1 aromatic carbocycles. The Labute approximate surface area is 115 Å². The zero-order valence-electron chi connectivity index (χ0n) is 12.4. The maximum atomic E-state index is 5.79. The highest BCUT2D eigenvalue weighted by Gasteiger charge is 2.08. The maximum absolute atomic E-state index is 5.79. The first kappa shape index (κ1) is 13.9. The lowest BCUT2D eigenvalue weighted by atomic mass is 10.1. The molecule has 0 atom stereocenters. The van der Waals surface area contributed by atoms with Crippen LogP contribution in [-0.2, 0) is 13.5 Å². The van der Waals surface area contributed by atoms with E-state index in [9.17, 15) is 0 Å². The monoisotopic (exact) mass is 260 g/mol. The summed E-state index contributed by atoms with van der Waals surface area (Å²) < 4.78 is 7.99. The lowest BCUT2D eigenvalue weighted by molar-refractivity contribution is 0.243. The molecule has 0 bridgehead atoms. The molecule has 0 fully saturated rings. The van der Waals surface area contributed by atoms with Gasteiger partial charge in [0.05, 0.1) is 6.10 Å². The molecule has 2 aromatic rings. The second kappa shape index (κ2) is 6.11. The quantitative estimate of drug-likeness (QED) is 0.808. The van der Waals surface area contributed by atoms with Crippen molar-refractivity contribution in [2.75, 3.05) is 13.6 Å². The normalized spacial score (nSPS) is 11.4. The van der Waals surface area contributed by atoms with Crippen molar-refractivity contribution >= 4 is 10.9 Å². The Morgan fingerprint density at radius 3 is 2.79 bits per heavy atom. The van der Waals surface area contributed by atoms with Crippen LogP contribution in [0.25, 0.3) is 10.9 Å². The molecule has 1 aromatic heterocycles. The number of hydrogen-bond acceptors (Lipinski definition) is 2. The van der Waals surface area contributed by atoms with Gasteiger partial charge >= 0.3 is 0 Å². The third-order valence-corrected chi connectivity index (χ3v) is 3.29. The van der Waals surface area contributed by atoms with Crippen molar-refractivity contribution < 1.29 is 4.74 Å². The molecule has 0 spiro atoms. The highest BCUT2D eigenvalue weighted by atomic mass is 16.5. The first-order valence-corrected chi connectivity index (χ1v) is 7.01. The second-order valence-electron chi connectivity index (χ2n) is 5.32. The lowest BCUT2D eigenvalue weighted by Crippen LogP contribution is -2.08. The number of rotatable bonds is 6. The van der Waals surface area contributed by atoms with Gasteiger partial charge in [-0.05, 0) is 64.0 Å². The fraction of sp³-hybridized carbons (Fsp3) is 0.500. The molecule has 0 saturated heterocycles. The molecule has 1 N–H and O–H groups in total. The number of hydrogen-bond donors (Lipinski definition) is 1. The second-order valence-corrected chi connectivity index (χ2v) is 5.32. The highest BCUT2D eigenvalue weighted by Crippen LogP contribution is 2.26. The molecule has 2 rings (SSSR count). The van der Waals surface area contributed by atoms with Crippen molar-refractivity contribution in [3.8, 4) is 5.75 Å². The summed E-state index contributed by atoms with van der Waals surface area (Å²) >= 11 is 0. The summed E-state index contributed by atoms with van der Waals surface area (Å²) in [5, 5.41) is 4.52. The number of nitrogens with zero attached hydrogens (tertiary/aromatic N) is 1. The molecule has 3 heteroatoms. The van der Waals surface area contributed by atoms with Crippen LogP contribution < -0.4 is 10.1 Å². The van der Waals surface area contributed by atoms with Crippen LogP contribution >= 0.6 is 0 Å². The SMILES string of the molecule is CNCCCc1cn(C)c2ccc(OC(C)C)cc12. The molecule has 0 aliphatic carbocycles. The highest BCUT2D eigenvalue weighted by molar-refractivity contribution is 5.85. The summed E-state index contributed by atoms with van der Waals surface area (Å²) in [6, 6.07) is 6.37. The van der Waals surface area contributed by atoms with Crippen LogP contribution in [0, 0.1) is 0 Å². The Morgan fingerprint density at radius 1 is 1.32 bits per heavy atom. The van der Waals surface area contributed by atoms with E-state index < -0.39 is 0 Å². The van der Waals surface area contributed by atoms with Gasteiger partial charge in [-0.3, -0.25) is 0 Å². The number of ether oxygens (including phenoxy) is 1. The molecule has 0 saturated carbocycles. The van der Waals surface area contributed by atoms with Gasteiger partial charge in [0.25, 0.3) is 0 Å². The van der Waals surface area contributed by atoms with Crippen LogP contribution in [0.3, 0.4) is 0 Å². The minimum atomic E-state index is 0.217. The van der Waals surface area contributed by atoms with Crippen molar-refractivity contribution in [2.45, 2.75) is 32.8 Å². The van der Waals surface area contributed by atoms with Crippen molar-refractivity contribution in [1.29, 1.82) is 0 Å². The molecule has 104 valence electrons. The Kier molecular flexibility index (Phi) is 4.48. The summed E-state index contributed by atoms with van der Waals surface area (Å²) in [6.45, 7) is 5.17. The number of aromatic nitrogens is 1. The molecule has 0 aliphatic rings. The molecular weight excluding hydrogens is 236 g/mol. The molecule has 3 nitrogen and oxygen atoms in total. The minimum absolute atomic E-state index is 0.217. The van der Waals surface area contributed by atoms with Crippen molar-refractivity contribution in [2.24, 2.45) is 7.05 Å². The molecule has 0 radical (unpaired) electrons. The Balaban J connectivity index is 2.29. The Hall–Kier alpha value is -1.48. The van der Waals surface area contributed by atoms with Crippen molar-refractivity contribution in [3.63, 3.8) is 0 Å². The molecule has 0 unspecified atom stereocenters. The fourth-order valence-corrected chi connectivity index (χ4v) is 2.45. The van der Waals surface area contributed by atoms with Gasteiger partial charge in [-0.15, -0.1) is 0 Å². The van der Waals surface area contributed by atoms with Crippen molar-refractivity contribution in [1.82, 2.24) is 9.88 Å². The predicted molar refractivity (Wildman–Crippen MR) is 80.9 cm³/mol. The molecule has 19 heavy (non-hydrogen) atoms. The average molecular weight is 260 g/mol. The summed E-state index contributed by atoms with van der Waals surface area (Å²) in [6.07, 6.45) is 4.71. The number of nitrogens with one attached hydrogen (secondary N) is 1. The Morgan fingerprint density at radius 2 is 2.11 bits per heavy atom. The van der Waals surface area contributed by atoms with Crippen LogP contribution in [0.4, 0.5) is 0 Å². The van der Waals surface area contributed by atoms with Crippen LogP contribution in [-0.4, -0.2) is 24.3 Å². The van der Waals surface area contributed by atoms with Gasteiger partial charge in [0, 0.05) is 24.1 Å². The molecule has 1 heterocycles. The van der Waals surface area contributed by atoms with E-state index in [0.29, 0.717) is 0 Å². The zero-order chi connectivity index (χ0) is 13.8. The molecular formula is C16H24N2O. The van der Waals surface area contributed by atoms with Crippen LogP contribution in [0.2, 0.25) is 0 Å². The number of benzene rings is 1. The molecule has 0 aliphatic heterocycles. The first-order chi connectivity index (χ1) is 9.11. The zero-order valence-corrected chi connectivity index (χ0v) is 12.4. The van der Waals surface area contributed by atoms with E-state index in [1.54, 1.807) is 0 Å². The minimum Gasteiger partial charge on any atom is -0.491 e. The van der Waals surface area contributed by atoms with Gasteiger partial charge in [-0.2, -0.15) is 0 Å². The topological polar surface area (TPSA) is 26.2 Å². The van der Waals surface area contributed by atoms with E-state index >= 15 is 0 Å². The van der Waals surface area contributed by atoms with E-state index in [2.05, 4.69) is 55.2 Å². The van der Waals surface area contributed by atoms with Crippen LogP contribution in [0.5, 0.6) is 5.75 Å². The van der Waals surface area contributed by atoms with E-state index in [1.807, 2.05) is 7.05 Å². The van der Waals surface area contributed by atoms with Gasteiger partial charge in [-0.25, -0.2) is 0 Å². The summed E-state index contributed by atoms with van der Waals surface area (Å²) in [7, 11) is 4.10. The van der Waals surface area contributed by atoms with Gasteiger partial charge in [0.1, 0.15) is 5.75 Å². The van der Waals surface area contributed by atoms with Gasteiger partial charge in [0.15, 0.2) is 0 Å². The largest absolute Gasteiger partial charge is 0.491 e. The summed E-state index contributed by atoms with van der Waals surface area (Å²) in [5.41, 5.74) is 2.68. The van der Waals surface area contributed by atoms with E-state index in [4.69, 9.17) is 4.74 Å². The third-order valence-electron chi connectivity index (χ3n) is 3.29. The van der Waals surface area contributed by atoms with Crippen LogP contribution in [0.15, 0.2) is 24.4 Å². The predicted octanol–water partition coefficient (Wildman–Crippen LogP) is 3.12. The Bertz CT molecular complexity index is 543. The number of fused-ring (bicyclic) bond motifs is 1. The third kappa shape index (κ3) is 3.29. The smallest absolute Gasteiger partial charge is 0.120 e. The van der Waals surface area contributed by atoms with Gasteiger partial charge in [-0.1, -0.05) is 0 Å². The van der Waals surface area contributed by atoms with Gasteiger partial charge < -0.3 is 14.6 Å². The fourth-order valence-electron chi connectivity index (χ4n) is 2.45. The van der Waals surface area contributed by atoms with E-state index in [-0.39, 0.29) is 6.10 Å². The standard InChI is InChI=1S/C16H24N2O/c1-12(2)19-14-7-8-16-15(10-14)13(11-18(16)4)6-5-9-17-3/h7-8,10-12,17H,5-6,9H2,1-4H3. The number of aryl methyl sites for hydroxylation is 2. The summed E-state index contributed by atoms with van der Waals surface area (Å²) in [4.78, 5) is 0.